The van der Waals surface area contributed by atoms with Gasteiger partial charge >= 0.3 is 0 Å². The van der Waals surface area contributed by atoms with E-state index >= 15 is 0 Å². The van der Waals surface area contributed by atoms with Gasteiger partial charge in [-0.3, -0.25) is 0 Å². The molecular weight excluding hydrogens is 151 g/mol. The Balaban J connectivity index is 2.33. The fourth-order valence-electron chi connectivity index (χ4n) is 0.506. The highest BCUT2D eigenvalue weighted by molar-refractivity contribution is 6.47. The van der Waals surface area contributed by atoms with Gasteiger partial charge in [-0.25, -0.2) is 4.89 Å². The van der Waals surface area contributed by atoms with Crippen LogP contribution in [0.4, 0.5) is 0 Å². The third-order valence-corrected chi connectivity index (χ3v) is 1.38. The first-order valence-corrected chi connectivity index (χ1v) is 3.15. The number of halogens is 2. The van der Waals surface area contributed by atoms with Crippen LogP contribution in [0.5, 0.6) is 0 Å². The highest BCUT2D eigenvalue weighted by atomic mass is 35.5. The molecule has 1 fully saturated rings. The highest BCUT2D eigenvalue weighted by Gasteiger charge is 2.28. The van der Waals surface area contributed by atoms with Crippen molar-refractivity contribution < 1.29 is 9.78 Å². The normalized spacial score (nSPS) is 27.8. The highest BCUT2D eigenvalue weighted by Crippen LogP contribution is 2.31. The fourth-order valence-corrected chi connectivity index (χ4v) is 0.863. The number of hydrogen-bond acceptors (Lipinski definition) is 2. The maximum absolute atomic E-state index is 5.49. The standard InChI is InChI=1S/C4H6Cl2O2/c5-4(6)2-1-3-7-8-4/h1-3H2. The third kappa shape index (κ3) is 1.78. The van der Waals surface area contributed by atoms with E-state index in [0.717, 1.165) is 6.42 Å². The second-order valence-corrected chi connectivity index (χ2v) is 3.06. The van der Waals surface area contributed by atoms with Gasteiger partial charge in [0.1, 0.15) is 0 Å². The lowest BCUT2D eigenvalue weighted by molar-refractivity contribution is -0.338. The molecule has 8 heavy (non-hydrogen) atoms. The molecule has 1 aliphatic heterocycles. The first-order valence-electron chi connectivity index (χ1n) is 2.39. The van der Waals surface area contributed by atoms with E-state index in [1.807, 2.05) is 0 Å². The van der Waals surface area contributed by atoms with Gasteiger partial charge in [-0.15, -0.1) is 0 Å². The van der Waals surface area contributed by atoms with Gasteiger partial charge in [-0.2, -0.15) is 4.89 Å². The molecule has 48 valence electrons. The van der Waals surface area contributed by atoms with Crippen LogP contribution in [0.2, 0.25) is 0 Å². The van der Waals surface area contributed by atoms with Crippen molar-refractivity contribution in [1.29, 1.82) is 0 Å². The predicted molar refractivity (Wildman–Crippen MR) is 30.7 cm³/mol. The van der Waals surface area contributed by atoms with Crippen molar-refractivity contribution in [1.82, 2.24) is 0 Å². The van der Waals surface area contributed by atoms with Crippen LogP contribution >= 0.6 is 23.2 Å². The van der Waals surface area contributed by atoms with Crippen LogP contribution in [0.25, 0.3) is 0 Å². The van der Waals surface area contributed by atoms with Crippen LogP contribution < -0.4 is 0 Å². The van der Waals surface area contributed by atoms with Gasteiger partial charge in [0.2, 0.25) is 4.52 Å². The van der Waals surface area contributed by atoms with Gasteiger partial charge < -0.3 is 0 Å². The molecule has 1 heterocycles. The zero-order valence-electron chi connectivity index (χ0n) is 4.19. The summed E-state index contributed by atoms with van der Waals surface area (Å²) in [7, 11) is 0. The summed E-state index contributed by atoms with van der Waals surface area (Å²) in [6, 6.07) is 0. The zero-order chi connectivity index (χ0) is 6.04. The molecule has 0 atom stereocenters. The molecule has 0 amide bonds. The molecule has 0 N–H and O–H groups in total. The predicted octanol–water partition coefficient (Wildman–Crippen LogP) is 1.86. The summed E-state index contributed by atoms with van der Waals surface area (Å²) < 4.78 is -1.10. The van der Waals surface area contributed by atoms with E-state index in [0.29, 0.717) is 13.0 Å². The maximum atomic E-state index is 5.49. The van der Waals surface area contributed by atoms with E-state index in [9.17, 15) is 0 Å². The Labute approximate surface area is 57.6 Å². The molecule has 0 bridgehead atoms. The Hall–Kier alpha value is 0.500. The average molecular weight is 157 g/mol. The molecule has 1 rings (SSSR count). The first-order chi connectivity index (χ1) is 3.71. The SMILES string of the molecule is ClC1(Cl)CCCOO1. The molecule has 0 spiro atoms. The minimum absolute atomic E-state index is 0.585. The Morgan fingerprint density at radius 2 is 2.12 bits per heavy atom. The summed E-state index contributed by atoms with van der Waals surface area (Å²) in [6.07, 6.45) is 1.49. The van der Waals surface area contributed by atoms with Crippen LogP contribution in [0.3, 0.4) is 0 Å². The van der Waals surface area contributed by atoms with Crippen LogP contribution in [-0.4, -0.2) is 11.1 Å². The summed E-state index contributed by atoms with van der Waals surface area (Å²) in [5.41, 5.74) is 0. The van der Waals surface area contributed by atoms with E-state index in [1.54, 1.807) is 0 Å². The maximum Gasteiger partial charge on any atom is 0.249 e. The molecule has 1 saturated heterocycles. The van der Waals surface area contributed by atoms with Gasteiger partial charge in [0.05, 0.1) is 6.61 Å². The van der Waals surface area contributed by atoms with E-state index in [2.05, 4.69) is 9.78 Å². The quantitative estimate of drug-likeness (QED) is 0.394. The molecular formula is C4H6Cl2O2. The van der Waals surface area contributed by atoms with Crippen LogP contribution in [0.1, 0.15) is 12.8 Å². The van der Waals surface area contributed by atoms with Crippen molar-refractivity contribution in [3.63, 3.8) is 0 Å². The van der Waals surface area contributed by atoms with Crippen molar-refractivity contribution in [2.24, 2.45) is 0 Å². The summed E-state index contributed by atoms with van der Waals surface area (Å²) in [6.45, 7) is 0.585. The van der Waals surface area contributed by atoms with E-state index in [-0.39, 0.29) is 0 Å². The van der Waals surface area contributed by atoms with E-state index in [1.165, 1.54) is 0 Å². The molecule has 1 aliphatic rings. The topological polar surface area (TPSA) is 18.5 Å². The molecule has 0 aromatic carbocycles. The lowest BCUT2D eigenvalue weighted by Gasteiger charge is -2.22. The summed E-state index contributed by atoms with van der Waals surface area (Å²) in [5.74, 6) is 0. The summed E-state index contributed by atoms with van der Waals surface area (Å²) in [5, 5.41) is 0. The molecule has 4 heteroatoms. The monoisotopic (exact) mass is 156 g/mol. The molecule has 0 unspecified atom stereocenters. The average Bonchev–Trinajstić information content (AvgIpc) is 1.65. The fraction of sp³-hybridized carbons (Fsp3) is 1.00. The van der Waals surface area contributed by atoms with Crippen LogP contribution in [0.15, 0.2) is 0 Å². The Kier molecular flexibility index (Phi) is 1.98. The van der Waals surface area contributed by atoms with Crippen LogP contribution in [0, 0.1) is 0 Å². The van der Waals surface area contributed by atoms with Crippen molar-refractivity contribution in [2.75, 3.05) is 6.61 Å². The molecule has 0 aromatic heterocycles. The van der Waals surface area contributed by atoms with Gasteiger partial charge in [-0.05, 0) is 6.42 Å². The van der Waals surface area contributed by atoms with Crippen molar-refractivity contribution in [3.8, 4) is 0 Å². The Morgan fingerprint density at radius 3 is 2.38 bits per heavy atom. The van der Waals surface area contributed by atoms with Crippen molar-refractivity contribution in [3.05, 3.63) is 0 Å². The molecule has 2 nitrogen and oxygen atoms in total. The van der Waals surface area contributed by atoms with Crippen molar-refractivity contribution in [2.45, 2.75) is 17.4 Å². The van der Waals surface area contributed by atoms with E-state index < -0.39 is 4.52 Å². The largest absolute Gasteiger partial charge is 0.249 e. The molecule has 0 aromatic rings. The van der Waals surface area contributed by atoms with Crippen LogP contribution in [-0.2, 0) is 9.78 Å². The number of rotatable bonds is 0. The Bertz CT molecular complexity index is 76.1. The third-order valence-electron chi connectivity index (χ3n) is 0.876. The summed E-state index contributed by atoms with van der Waals surface area (Å²) in [4.78, 5) is 9.02. The summed E-state index contributed by atoms with van der Waals surface area (Å²) >= 11 is 11.0. The Morgan fingerprint density at radius 1 is 1.38 bits per heavy atom. The number of alkyl halides is 2. The molecule has 0 aliphatic carbocycles. The minimum Gasteiger partial charge on any atom is -0.234 e. The second-order valence-electron chi connectivity index (χ2n) is 1.65. The van der Waals surface area contributed by atoms with Gasteiger partial charge in [0, 0.05) is 6.42 Å². The molecule has 0 saturated carbocycles. The van der Waals surface area contributed by atoms with Gasteiger partial charge in [-0.1, -0.05) is 23.2 Å². The smallest absolute Gasteiger partial charge is 0.234 e. The zero-order valence-corrected chi connectivity index (χ0v) is 5.71. The van der Waals surface area contributed by atoms with Gasteiger partial charge in [0.25, 0.3) is 0 Å². The molecule has 0 radical (unpaired) electrons. The minimum atomic E-state index is -1.10. The number of hydrogen-bond donors (Lipinski definition) is 0. The van der Waals surface area contributed by atoms with Gasteiger partial charge in [0.15, 0.2) is 0 Å². The second kappa shape index (κ2) is 2.40. The lowest BCUT2D eigenvalue weighted by Crippen LogP contribution is -2.23. The first kappa shape index (κ1) is 6.62. The van der Waals surface area contributed by atoms with Crippen molar-refractivity contribution >= 4 is 23.2 Å². The lowest BCUT2D eigenvalue weighted by atomic mass is 10.3. The van der Waals surface area contributed by atoms with E-state index in [4.69, 9.17) is 23.2 Å².